The lowest BCUT2D eigenvalue weighted by molar-refractivity contribution is -0.122. The fourth-order valence-electron chi connectivity index (χ4n) is 1.94. The summed E-state index contributed by atoms with van der Waals surface area (Å²) in [5.41, 5.74) is 1.12. The molecule has 1 heterocycles. The summed E-state index contributed by atoms with van der Waals surface area (Å²) in [4.78, 5) is 14.3. The number of thioether (sulfide) groups is 1. The van der Waals surface area contributed by atoms with Crippen molar-refractivity contribution in [3.8, 4) is 0 Å². The van der Waals surface area contributed by atoms with Crippen LogP contribution in [0.15, 0.2) is 30.3 Å². The highest BCUT2D eigenvalue weighted by Gasteiger charge is 2.25. The Kier molecular flexibility index (Phi) is 4.02. The number of rotatable bonds is 3. The third kappa shape index (κ3) is 2.86. The average molecular weight is 235 g/mol. The Morgan fingerprint density at radius 1 is 1.44 bits per heavy atom. The van der Waals surface area contributed by atoms with Crippen molar-refractivity contribution in [2.24, 2.45) is 0 Å². The van der Waals surface area contributed by atoms with E-state index in [1.807, 2.05) is 49.1 Å². The third-order valence-electron chi connectivity index (χ3n) is 2.99. The Labute approximate surface area is 101 Å². The Morgan fingerprint density at radius 2 is 2.19 bits per heavy atom. The molecule has 0 bridgehead atoms. The van der Waals surface area contributed by atoms with Gasteiger partial charge in [-0.1, -0.05) is 30.3 Å². The number of likely N-dealkylation sites (N-methyl/N-ethyl adjacent to an activating group) is 1. The van der Waals surface area contributed by atoms with Crippen molar-refractivity contribution in [1.29, 1.82) is 0 Å². The van der Waals surface area contributed by atoms with Gasteiger partial charge in [0.15, 0.2) is 5.78 Å². The molecule has 0 radical (unpaired) electrons. The molecular weight excluding hydrogens is 218 g/mol. The van der Waals surface area contributed by atoms with Gasteiger partial charge >= 0.3 is 0 Å². The number of carbonyl (C=O) groups is 1. The van der Waals surface area contributed by atoms with Gasteiger partial charge < -0.3 is 0 Å². The average Bonchev–Trinajstić information content (AvgIpc) is 2.31. The molecule has 1 fully saturated rings. The number of carbonyl (C=O) groups excluding carboxylic acids is 1. The van der Waals surface area contributed by atoms with Crippen molar-refractivity contribution in [3.63, 3.8) is 0 Å². The van der Waals surface area contributed by atoms with Crippen LogP contribution in [0.5, 0.6) is 0 Å². The molecule has 1 aliphatic heterocycles. The summed E-state index contributed by atoms with van der Waals surface area (Å²) in [5.74, 6) is 2.44. The highest BCUT2D eigenvalue weighted by molar-refractivity contribution is 7.99. The number of hydrogen-bond acceptors (Lipinski definition) is 3. The van der Waals surface area contributed by atoms with Crippen LogP contribution in [0.1, 0.15) is 5.56 Å². The van der Waals surface area contributed by atoms with Crippen LogP contribution in [-0.4, -0.2) is 41.8 Å². The summed E-state index contributed by atoms with van der Waals surface area (Å²) >= 11 is 1.88. The zero-order valence-corrected chi connectivity index (χ0v) is 10.4. The van der Waals surface area contributed by atoms with Gasteiger partial charge in [0.2, 0.25) is 0 Å². The molecule has 0 saturated carbocycles. The van der Waals surface area contributed by atoms with Gasteiger partial charge in [-0.25, -0.2) is 0 Å². The van der Waals surface area contributed by atoms with Crippen LogP contribution in [0.3, 0.4) is 0 Å². The Balaban J connectivity index is 1.97. The molecule has 3 heteroatoms. The van der Waals surface area contributed by atoms with Gasteiger partial charge in [0.25, 0.3) is 0 Å². The van der Waals surface area contributed by atoms with Crippen LogP contribution in [-0.2, 0) is 11.2 Å². The van der Waals surface area contributed by atoms with Crippen molar-refractivity contribution in [3.05, 3.63) is 35.9 Å². The first-order chi connectivity index (χ1) is 7.77. The van der Waals surface area contributed by atoms with E-state index in [1.54, 1.807) is 0 Å². The van der Waals surface area contributed by atoms with E-state index in [0.29, 0.717) is 12.2 Å². The van der Waals surface area contributed by atoms with Crippen LogP contribution in [0.4, 0.5) is 0 Å². The van der Waals surface area contributed by atoms with E-state index < -0.39 is 0 Å². The highest BCUT2D eigenvalue weighted by Crippen LogP contribution is 2.16. The molecule has 1 unspecified atom stereocenters. The summed E-state index contributed by atoms with van der Waals surface area (Å²) < 4.78 is 0. The van der Waals surface area contributed by atoms with Gasteiger partial charge in [-0.3, -0.25) is 9.69 Å². The summed E-state index contributed by atoms with van der Waals surface area (Å²) in [7, 11) is 2.05. The van der Waals surface area contributed by atoms with Gasteiger partial charge in [0.05, 0.1) is 6.04 Å². The molecule has 16 heavy (non-hydrogen) atoms. The second kappa shape index (κ2) is 5.51. The molecule has 1 aromatic rings. The lowest BCUT2D eigenvalue weighted by Gasteiger charge is -2.30. The van der Waals surface area contributed by atoms with Gasteiger partial charge in [0.1, 0.15) is 0 Å². The molecule has 0 N–H and O–H groups in total. The largest absolute Gasteiger partial charge is 0.298 e. The molecule has 2 rings (SSSR count). The van der Waals surface area contributed by atoms with Crippen molar-refractivity contribution in [1.82, 2.24) is 4.90 Å². The van der Waals surface area contributed by atoms with E-state index in [4.69, 9.17) is 0 Å². The second-order valence-corrected chi connectivity index (χ2v) is 5.35. The topological polar surface area (TPSA) is 20.3 Å². The maximum atomic E-state index is 12.1. The minimum Gasteiger partial charge on any atom is -0.298 e. The predicted octanol–water partition coefficient (Wildman–Crippen LogP) is 1.85. The normalized spacial score (nSPS) is 21.9. The number of Topliss-reactive ketones (excluding diaryl/α,β-unsaturated/α-hetero) is 1. The molecule has 1 saturated heterocycles. The standard InChI is InChI=1S/C13H17NOS/c1-14-7-8-16-10-12(14)13(15)9-11-5-3-2-4-6-11/h2-6,12H,7-10H2,1H3. The Morgan fingerprint density at radius 3 is 2.88 bits per heavy atom. The van der Waals surface area contributed by atoms with Crippen LogP contribution in [0, 0.1) is 0 Å². The molecule has 2 nitrogen and oxygen atoms in total. The summed E-state index contributed by atoms with van der Waals surface area (Å²) in [5, 5.41) is 0. The number of ketones is 1. The zero-order valence-electron chi connectivity index (χ0n) is 9.56. The minimum absolute atomic E-state index is 0.110. The fourth-order valence-corrected chi connectivity index (χ4v) is 3.19. The molecule has 1 aromatic carbocycles. The van der Waals surface area contributed by atoms with E-state index in [0.717, 1.165) is 23.6 Å². The van der Waals surface area contributed by atoms with Crippen molar-refractivity contribution in [2.75, 3.05) is 25.1 Å². The Hall–Kier alpha value is -0.800. The first-order valence-electron chi connectivity index (χ1n) is 5.62. The molecule has 0 aliphatic carbocycles. The number of hydrogen-bond donors (Lipinski definition) is 0. The van der Waals surface area contributed by atoms with Crippen molar-refractivity contribution < 1.29 is 4.79 Å². The molecule has 0 amide bonds. The predicted molar refractivity (Wildman–Crippen MR) is 68.9 cm³/mol. The van der Waals surface area contributed by atoms with Crippen LogP contribution in [0.2, 0.25) is 0 Å². The SMILES string of the molecule is CN1CCSCC1C(=O)Cc1ccccc1. The maximum Gasteiger partial charge on any atom is 0.155 e. The van der Waals surface area contributed by atoms with Gasteiger partial charge in [-0.15, -0.1) is 0 Å². The zero-order chi connectivity index (χ0) is 11.4. The first-order valence-corrected chi connectivity index (χ1v) is 6.77. The quantitative estimate of drug-likeness (QED) is 0.797. The summed E-state index contributed by atoms with van der Waals surface area (Å²) in [6, 6.07) is 10.1. The van der Waals surface area contributed by atoms with Gasteiger partial charge in [-0.05, 0) is 12.6 Å². The number of nitrogens with zero attached hydrogens (tertiary/aromatic N) is 1. The molecule has 0 aromatic heterocycles. The number of benzene rings is 1. The van der Waals surface area contributed by atoms with Crippen molar-refractivity contribution >= 4 is 17.5 Å². The minimum atomic E-state index is 0.110. The smallest absolute Gasteiger partial charge is 0.155 e. The fraction of sp³-hybridized carbons (Fsp3) is 0.462. The summed E-state index contributed by atoms with van der Waals surface area (Å²) in [6.45, 7) is 1.02. The van der Waals surface area contributed by atoms with Crippen LogP contribution < -0.4 is 0 Å². The first kappa shape index (κ1) is 11.7. The van der Waals surface area contributed by atoms with E-state index in [-0.39, 0.29) is 6.04 Å². The molecule has 86 valence electrons. The van der Waals surface area contributed by atoms with Gasteiger partial charge in [0, 0.05) is 24.5 Å². The lowest BCUT2D eigenvalue weighted by atomic mass is 10.0. The lowest BCUT2D eigenvalue weighted by Crippen LogP contribution is -2.45. The molecule has 0 spiro atoms. The maximum absolute atomic E-state index is 12.1. The molecule has 1 atom stereocenters. The van der Waals surface area contributed by atoms with Crippen LogP contribution in [0.25, 0.3) is 0 Å². The second-order valence-electron chi connectivity index (χ2n) is 4.20. The van der Waals surface area contributed by atoms with E-state index in [9.17, 15) is 4.79 Å². The molecular formula is C13H17NOS. The van der Waals surface area contributed by atoms with E-state index >= 15 is 0 Å². The van der Waals surface area contributed by atoms with Crippen molar-refractivity contribution in [2.45, 2.75) is 12.5 Å². The summed E-state index contributed by atoms with van der Waals surface area (Å²) in [6.07, 6.45) is 0.566. The van der Waals surface area contributed by atoms with E-state index in [1.165, 1.54) is 0 Å². The molecule has 1 aliphatic rings. The Bertz CT molecular complexity index is 352. The third-order valence-corrected chi connectivity index (χ3v) is 4.01. The monoisotopic (exact) mass is 235 g/mol. The highest BCUT2D eigenvalue weighted by atomic mass is 32.2. The van der Waals surface area contributed by atoms with Gasteiger partial charge in [-0.2, -0.15) is 11.8 Å². The van der Waals surface area contributed by atoms with Crippen LogP contribution >= 0.6 is 11.8 Å². The van der Waals surface area contributed by atoms with E-state index in [2.05, 4.69) is 4.90 Å².